The molecule has 1 N–H and O–H groups in total. The maximum atomic E-state index is 10.4. The molecule has 0 bridgehead atoms. The van der Waals surface area contributed by atoms with Crippen molar-refractivity contribution in [2.45, 2.75) is 15.8 Å². The Balaban J connectivity index is 3.05. The third-order valence-corrected chi connectivity index (χ3v) is 3.61. The summed E-state index contributed by atoms with van der Waals surface area (Å²) in [7, 11) is 0. The molecule has 0 aliphatic rings. The molecule has 0 radical (unpaired) electrons. The van der Waals surface area contributed by atoms with Crippen LogP contribution in [0.25, 0.3) is 0 Å². The van der Waals surface area contributed by atoms with E-state index in [0.717, 1.165) is 5.56 Å². The summed E-state index contributed by atoms with van der Waals surface area (Å²) in [5.74, 6) is 0. The van der Waals surface area contributed by atoms with Crippen LogP contribution in [0.3, 0.4) is 0 Å². The molecule has 14 heavy (non-hydrogen) atoms. The van der Waals surface area contributed by atoms with Crippen LogP contribution in [-0.2, 0) is 5.60 Å². The highest BCUT2D eigenvalue weighted by atomic mass is 79.9. The van der Waals surface area contributed by atoms with E-state index in [1.54, 1.807) is 6.08 Å². The summed E-state index contributed by atoms with van der Waals surface area (Å²) in [5, 5.41) is 10.4. The predicted octanol–water partition coefficient (Wildman–Crippen LogP) is 3.57. The zero-order chi connectivity index (χ0) is 10.6. The van der Waals surface area contributed by atoms with Gasteiger partial charge in [0, 0.05) is 0 Å². The Morgan fingerprint density at radius 1 is 1.36 bits per heavy atom. The summed E-state index contributed by atoms with van der Waals surface area (Å²) in [5.41, 5.74) is -0.0677. The minimum atomic E-state index is -0.941. The Kier molecular flexibility index (Phi) is 4.35. The van der Waals surface area contributed by atoms with Crippen molar-refractivity contribution >= 4 is 31.9 Å². The molecule has 3 heteroatoms. The smallest absolute Gasteiger partial charge is 0.115 e. The molecular formula is C11H12Br2O. The maximum Gasteiger partial charge on any atom is 0.115 e. The van der Waals surface area contributed by atoms with Crippen LogP contribution in [0, 0.1) is 0 Å². The van der Waals surface area contributed by atoms with Gasteiger partial charge in [0.1, 0.15) is 9.34 Å². The van der Waals surface area contributed by atoms with Crippen molar-refractivity contribution in [3.63, 3.8) is 0 Å². The number of benzene rings is 1. The van der Waals surface area contributed by atoms with Gasteiger partial charge in [-0.15, -0.1) is 6.58 Å². The topological polar surface area (TPSA) is 20.2 Å². The van der Waals surface area contributed by atoms with E-state index in [9.17, 15) is 5.11 Å². The molecule has 1 aromatic carbocycles. The van der Waals surface area contributed by atoms with E-state index in [1.165, 1.54) is 0 Å². The lowest BCUT2D eigenvalue weighted by Gasteiger charge is -2.29. The Labute approximate surface area is 101 Å². The van der Waals surface area contributed by atoms with Crippen LogP contribution < -0.4 is 0 Å². The van der Waals surface area contributed by atoms with E-state index >= 15 is 0 Å². The standard InChI is InChI=1S/C11H12Br2O/c1-2-8-11(14,10(12)13)9-6-4-3-5-7-9/h2-7,10,14H,1,8H2. The molecule has 0 saturated carbocycles. The molecule has 1 rings (SSSR count). The molecule has 0 spiro atoms. The highest BCUT2D eigenvalue weighted by Gasteiger charge is 2.33. The lowest BCUT2D eigenvalue weighted by Crippen LogP contribution is -2.31. The van der Waals surface area contributed by atoms with Crippen molar-refractivity contribution in [3.05, 3.63) is 48.6 Å². The first-order valence-electron chi connectivity index (χ1n) is 4.28. The second-order valence-electron chi connectivity index (χ2n) is 3.08. The summed E-state index contributed by atoms with van der Waals surface area (Å²) < 4.78 is -0.192. The fourth-order valence-corrected chi connectivity index (χ4v) is 2.18. The van der Waals surface area contributed by atoms with Gasteiger partial charge in [0.05, 0.1) is 0 Å². The number of halogens is 2. The third-order valence-electron chi connectivity index (χ3n) is 2.09. The summed E-state index contributed by atoms with van der Waals surface area (Å²) >= 11 is 6.71. The predicted molar refractivity (Wildman–Crippen MR) is 66.8 cm³/mol. The molecule has 0 aliphatic heterocycles. The van der Waals surface area contributed by atoms with E-state index in [4.69, 9.17) is 0 Å². The minimum absolute atomic E-state index is 0.192. The molecule has 1 aromatic rings. The molecule has 1 unspecified atom stereocenters. The van der Waals surface area contributed by atoms with Gasteiger partial charge in [-0.3, -0.25) is 0 Å². The van der Waals surface area contributed by atoms with Gasteiger partial charge >= 0.3 is 0 Å². The van der Waals surface area contributed by atoms with Crippen molar-refractivity contribution in [1.29, 1.82) is 0 Å². The van der Waals surface area contributed by atoms with Crippen LogP contribution in [0.2, 0.25) is 0 Å². The first kappa shape index (κ1) is 12.0. The number of alkyl halides is 2. The zero-order valence-corrected chi connectivity index (χ0v) is 10.8. The third kappa shape index (κ3) is 2.47. The van der Waals surface area contributed by atoms with E-state index in [2.05, 4.69) is 38.4 Å². The first-order chi connectivity index (χ1) is 6.61. The van der Waals surface area contributed by atoms with E-state index < -0.39 is 5.60 Å². The second kappa shape index (κ2) is 5.10. The van der Waals surface area contributed by atoms with Crippen molar-refractivity contribution in [2.75, 3.05) is 0 Å². The Morgan fingerprint density at radius 3 is 2.36 bits per heavy atom. The summed E-state index contributed by atoms with van der Waals surface area (Å²) in [6.07, 6.45) is 2.21. The van der Waals surface area contributed by atoms with Crippen LogP contribution in [-0.4, -0.2) is 8.84 Å². The zero-order valence-electron chi connectivity index (χ0n) is 7.66. The van der Waals surface area contributed by atoms with Gasteiger partial charge in [-0.05, 0) is 12.0 Å². The first-order valence-corrected chi connectivity index (χ1v) is 6.11. The van der Waals surface area contributed by atoms with Gasteiger partial charge < -0.3 is 5.11 Å². The Morgan fingerprint density at radius 2 is 1.93 bits per heavy atom. The molecule has 1 atom stereocenters. The van der Waals surface area contributed by atoms with Gasteiger partial charge in [0.15, 0.2) is 0 Å². The molecule has 0 saturated heterocycles. The molecule has 1 nitrogen and oxygen atoms in total. The van der Waals surface area contributed by atoms with Gasteiger partial charge in [-0.25, -0.2) is 0 Å². The van der Waals surface area contributed by atoms with Crippen LogP contribution in [0.4, 0.5) is 0 Å². The molecule has 0 aliphatic carbocycles. The molecular weight excluding hydrogens is 308 g/mol. The van der Waals surface area contributed by atoms with Crippen molar-refractivity contribution in [3.8, 4) is 0 Å². The molecule has 0 aromatic heterocycles. The summed E-state index contributed by atoms with van der Waals surface area (Å²) in [6.45, 7) is 3.65. The Bertz CT molecular complexity index is 297. The van der Waals surface area contributed by atoms with E-state index in [0.29, 0.717) is 6.42 Å². The monoisotopic (exact) mass is 318 g/mol. The van der Waals surface area contributed by atoms with Crippen LogP contribution in [0.1, 0.15) is 12.0 Å². The highest BCUT2D eigenvalue weighted by molar-refractivity contribution is 9.24. The lowest BCUT2D eigenvalue weighted by atomic mass is 9.93. The van der Waals surface area contributed by atoms with Crippen molar-refractivity contribution in [1.82, 2.24) is 0 Å². The van der Waals surface area contributed by atoms with Crippen molar-refractivity contribution in [2.24, 2.45) is 0 Å². The van der Waals surface area contributed by atoms with Crippen molar-refractivity contribution < 1.29 is 5.11 Å². The minimum Gasteiger partial charge on any atom is -0.383 e. The van der Waals surface area contributed by atoms with Gasteiger partial charge in [0.25, 0.3) is 0 Å². The summed E-state index contributed by atoms with van der Waals surface area (Å²) in [4.78, 5) is 0. The molecule has 0 fully saturated rings. The number of hydrogen-bond donors (Lipinski definition) is 1. The SMILES string of the molecule is C=CCC(O)(c1ccccc1)C(Br)Br. The summed E-state index contributed by atoms with van der Waals surface area (Å²) in [6, 6.07) is 9.55. The maximum absolute atomic E-state index is 10.4. The van der Waals surface area contributed by atoms with Gasteiger partial charge in [-0.1, -0.05) is 68.3 Å². The van der Waals surface area contributed by atoms with Crippen LogP contribution in [0.15, 0.2) is 43.0 Å². The van der Waals surface area contributed by atoms with E-state index in [-0.39, 0.29) is 3.74 Å². The molecule has 0 amide bonds. The number of hydrogen-bond acceptors (Lipinski definition) is 1. The fourth-order valence-electron chi connectivity index (χ4n) is 1.28. The lowest BCUT2D eigenvalue weighted by molar-refractivity contribution is 0.0607. The fraction of sp³-hybridized carbons (Fsp3) is 0.273. The van der Waals surface area contributed by atoms with Crippen LogP contribution in [0.5, 0.6) is 0 Å². The highest BCUT2D eigenvalue weighted by Crippen LogP contribution is 2.36. The number of aliphatic hydroxyl groups is 1. The molecule has 76 valence electrons. The molecule has 0 heterocycles. The van der Waals surface area contributed by atoms with Gasteiger partial charge in [-0.2, -0.15) is 0 Å². The quantitative estimate of drug-likeness (QED) is 0.664. The Hall–Kier alpha value is -0.120. The second-order valence-corrected chi connectivity index (χ2v) is 6.14. The van der Waals surface area contributed by atoms with Gasteiger partial charge in [0.2, 0.25) is 0 Å². The largest absolute Gasteiger partial charge is 0.383 e. The van der Waals surface area contributed by atoms with E-state index in [1.807, 2.05) is 30.3 Å². The average molecular weight is 320 g/mol. The number of rotatable bonds is 4. The van der Waals surface area contributed by atoms with Crippen LogP contribution >= 0.6 is 31.9 Å². The average Bonchev–Trinajstić information content (AvgIpc) is 2.19. The normalized spacial score (nSPS) is 15.1.